The Bertz CT molecular complexity index is 1690. The van der Waals surface area contributed by atoms with Crippen LogP contribution in [0.15, 0.2) is 71.6 Å². The summed E-state index contributed by atoms with van der Waals surface area (Å²) in [6.07, 6.45) is -1.33. The maximum atomic E-state index is 14.6. The lowest BCUT2D eigenvalue weighted by Crippen LogP contribution is -2.40. The molecule has 12 nitrogen and oxygen atoms in total. The summed E-state index contributed by atoms with van der Waals surface area (Å²) in [5, 5.41) is 12.2. The zero-order valence-corrected chi connectivity index (χ0v) is 25.0. The number of carboxylic acid groups (broad SMARTS) is 1. The largest absolute Gasteiger partial charge is 0.506 e. The Labute approximate surface area is 254 Å². The van der Waals surface area contributed by atoms with Crippen LogP contribution < -0.4 is 20.5 Å². The van der Waals surface area contributed by atoms with Gasteiger partial charge < -0.3 is 35.3 Å². The molecule has 3 aromatic rings. The van der Waals surface area contributed by atoms with Gasteiger partial charge in [-0.15, -0.1) is 0 Å². The normalized spacial score (nSPS) is 18.7. The van der Waals surface area contributed by atoms with Crippen molar-refractivity contribution in [1.29, 1.82) is 0 Å². The van der Waals surface area contributed by atoms with Gasteiger partial charge in [-0.3, -0.25) is 9.59 Å². The summed E-state index contributed by atoms with van der Waals surface area (Å²) in [6.45, 7) is 0.0893. The Morgan fingerprint density at radius 1 is 0.955 bits per heavy atom. The number of likely N-dealkylation sites (tertiary alicyclic amines) is 1. The van der Waals surface area contributed by atoms with E-state index in [1.54, 1.807) is 54.6 Å². The molecule has 3 atom stereocenters. The molecule has 1 saturated heterocycles. The van der Waals surface area contributed by atoms with Crippen molar-refractivity contribution < 1.29 is 42.1 Å². The summed E-state index contributed by atoms with van der Waals surface area (Å²) < 4.78 is 43.0. The lowest BCUT2D eigenvalue weighted by molar-refractivity contribution is -0.134. The van der Waals surface area contributed by atoms with Gasteiger partial charge >= 0.3 is 6.16 Å². The van der Waals surface area contributed by atoms with Crippen LogP contribution in [0.3, 0.4) is 0 Å². The zero-order valence-electron chi connectivity index (χ0n) is 24.1. The van der Waals surface area contributed by atoms with Crippen molar-refractivity contribution in [3.63, 3.8) is 0 Å². The highest BCUT2D eigenvalue weighted by molar-refractivity contribution is 7.92. The summed E-state index contributed by atoms with van der Waals surface area (Å²) in [5.41, 5.74) is 6.88. The van der Waals surface area contributed by atoms with E-state index in [1.807, 2.05) is 0 Å². The first-order valence-electron chi connectivity index (χ1n) is 14.0. The van der Waals surface area contributed by atoms with Gasteiger partial charge in [0.05, 0.1) is 30.4 Å². The van der Waals surface area contributed by atoms with E-state index in [0.29, 0.717) is 41.2 Å². The number of methoxy groups -OCH3 is 2. The molecule has 0 bridgehead atoms. The van der Waals surface area contributed by atoms with E-state index >= 15 is 0 Å². The molecule has 1 heterocycles. The number of nitrogens with zero attached hydrogens (tertiary/aromatic N) is 1. The molecule has 13 heteroatoms. The predicted octanol–water partition coefficient (Wildman–Crippen LogP) is 3.93. The van der Waals surface area contributed by atoms with Crippen LogP contribution in [0.5, 0.6) is 11.5 Å². The number of sulfone groups is 1. The lowest BCUT2D eigenvalue weighted by atomic mass is 9.99. The van der Waals surface area contributed by atoms with Crippen LogP contribution in [-0.4, -0.2) is 68.5 Å². The van der Waals surface area contributed by atoms with E-state index in [4.69, 9.17) is 19.9 Å². The monoisotopic (exact) mass is 623 g/mol. The van der Waals surface area contributed by atoms with Gasteiger partial charge in [-0.05, 0) is 60.4 Å². The minimum absolute atomic E-state index is 0.0518. The Morgan fingerprint density at radius 3 is 2.34 bits per heavy atom. The van der Waals surface area contributed by atoms with Gasteiger partial charge in [-0.25, -0.2) is 13.2 Å². The fourth-order valence-corrected chi connectivity index (χ4v) is 7.49. The molecule has 5 rings (SSSR count). The maximum absolute atomic E-state index is 14.6. The molecule has 2 fully saturated rings. The van der Waals surface area contributed by atoms with Crippen LogP contribution in [0.4, 0.5) is 10.5 Å². The minimum Gasteiger partial charge on any atom is -0.493 e. The molecular formula is C31H33N3O9S. The molecule has 232 valence electrons. The number of amides is 2. The molecule has 1 aliphatic heterocycles. The molecular weight excluding hydrogens is 590 g/mol. The van der Waals surface area contributed by atoms with Crippen LogP contribution >= 0.6 is 0 Å². The van der Waals surface area contributed by atoms with Crippen LogP contribution in [0.2, 0.25) is 0 Å². The molecule has 0 radical (unpaired) electrons. The molecule has 2 aliphatic rings. The predicted molar refractivity (Wildman–Crippen MR) is 159 cm³/mol. The molecule has 1 saturated carbocycles. The summed E-state index contributed by atoms with van der Waals surface area (Å²) in [5.74, 6) is -0.334. The van der Waals surface area contributed by atoms with Crippen LogP contribution in [-0.2, 0) is 19.4 Å². The van der Waals surface area contributed by atoms with E-state index in [-0.39, 0.29) is 23.4 Å². The van der Waals surface area contributed by atoms with Gasteiger partial charge in [0.1, 0.15) is 12.1 Å². The van der Waals surface area contributed by atoms with Crippen molar-refractivity contribution in [1.82, 2.24) is 4.90 Å². The Morgan fingerprint density at radius 2 is 1.68 bits per heavy atom. The number of nitrogens with two attached hydrogens (primary N) is 1. The second kappa shape index (κ2) is 12.4. The molecule has 2 amide bonds. The van der Waals surface area contributed by atoms with E-state index in [9.17, 15) is 27.9 Å². The highest BCUT2D eigenvalue weighted by atomic mass is 32.2. The van der Waals surface area contributed by atoms with E-state index in [0.717, 1.165) is 0 Å². The van der Waals surface area contributed by atoms with Gasteiger partial charge in [0.2, 0.25) is 11.8 Å². The zero-order chi connectivity index (χ0) is 31.6. The number of carbonyl (C=O) groups excluding carboxylic acids is 2. The van der Waals surface area contributed by atoms with E-state index < -0.39 is 51.2 Å². The molecule has 0 aromatic heterocycles. The Hall–Kier alpha value is -4.78. The third-order valence-electron chi connectivity index (χ3n) is 7.83. The van der Waals surface area contributed by atoms with Gasteiger partial charge in [0.15, 0.2) is 21.3 Å². The fraction of sp³-hybridized carbons (Fsp3) is 0.323. The van der Waals surface area contributed by atoms with Gasteiger partial charge in [-0.1, -0.05) is 30.3 Å². The van der Waals surface area contributed by atoms with Gasteiger partial charge in [0.25, 0.3) is 0 Å². The number of benzene rings is 3. The number of hydrogen-bond donors (Lipinski definition) is 3. The number of ether oxygens (including phenoxy) is 3. The van der Waals surface area contributed by atoms with E-state index in [2.05, 4.69) is 5.32 Å². The summed E-state index contributed by atoms with van der Waals surface area (Å²) in [7, 11) is -0.770. The number of nitrogens with one attached hydrogen (secondary N) is 1. The number of carbonyl (C=O) groups is 3. The van der Waals surface area contributed by atoms with Crippen LogP contribution in [0.1, 0.15) is 52.8 Å². The van der Waals surface area contributed by atoms with Gasteiger partial charge in [0, 0.05) is 24.2 Å². The molecule has 0 spiro atoms. The highest BCUT2D eigenvalue weighted by Crippen LogP contribution is 2.43. The molecule has 4 N–H and O–H groups in total. The van der Waals surface area contributed by atoms with Crippen molar-refractivity contribution in [3.8, 4) is 11.5 Å². The smallest absolute Gasteiger partial charge is 0.493 e. The number of primary amides is 1. The van der Waals surface area contributed by atoms with Crippen molar-refractivity contribution in [3.05, 3.63) is 83.4 Å². The third kappa shape index (κ3) is 6.13. The summed E-state index contributed by atoms with van der Waals surface area (Å²) in [6, 6.07) is 15.5. The minimum atomic E-state index is -3.72. The lowest BCUT2D eigenvalue weighted by Gasteiger charge is -2.33. The summed E-state index contributed by atoms with van der Waals surface area (Å²) in [4.78, 5) is 39.7. The summed E-state index contributed by atoms with van der Waals surface area (Å²) >= 11 is 0. The second-order valence-electron chi connectivity index (χ2n) is 10.6. The van der Waals surface area contributed by atoms with Crippen LogP contribution in [0, 0.1) is 0 Å². The molecule has 0 unspecified atom stereocenters. The molecule has 44 heavy (non-hydrogen) atoms. The Balaban J connectivity index is 1.61. The van der Waals surface area contributed by atoms with Gasteiger partial charge in [-0.2, -0.15) is 0 Å². The quantitative estimate of drug-likeness (QED) is 0.266. The topological polar surface area (TPSA) is 175 Å². The third-order valence-corrected chi connectivity index (χ3v) is 10.2. The SMILES string of the molecule is COc1ccc([C@@H](Nc2cccc(C(N)=O)c2)C(=O)N2CC[C@H](OC(=O)O)[C@H]2c2ccccc2S(=O)(=O)C2CC2)cc1OC. The number of anilines is 1. The average Bonchev–Trinajstić information content (AvgIpc) is 3.81. The van der Waals surface area contributed by atoms with Crippen molar-refractivity contribution >= 4 is 33.5 Å². The highest BCUT2D eigenvalue weighted by Gasteiger charge is 2.46. The van der Waals surface area contributed by atoms with Crippen LogP contribution in [0.25, 0.3) is 0 Å². The Kier molecular flexibility index (Phi) is 8.68. The first-order valence-corrected chi connectivity index (χ1v) is 15.5. The van der Waals surface area contributed by atoms with E-state index in [1.165, 1.54) is 31.3 Å². The van der Waals surface area contributed by atoms with Crippen molar-refractivity contribution in [2.45, 2.75) is 47.6 Å². The first-order chi connectivity index (χ1) is 21.0. The first kappa shape index (κ1) is 30.7. The van der Waals surface area contributed by atoms with Crippen molar-refractivity contribution in [2.24, 2.45) is 5.73 Å². The molecule has 1 aliphatic carbocycles. The molecule has 3 aromatic carbocycles. The number of hydrogen-bond acceptors (Lipinski definition) is 9. The standard InChI is InChI=1S/C31H33N3O9S/c1-41-23-13-10-18(17-25(23)42-2)27(33-20-7-5-6-19(16-20)29(32)35)30(36)34-15-14-24(43-31(37)38)28(34)22-8-3-4-9-26(22)44(39,40)21-11-12-21/h3-10,13,16-17,21,24,27-28,33H,11-12,14-15H2,1-2H3,(H2,32,35)(H,37,38)/t24-,27+,28+/m0/s1. The maximum Gasteiger partial charge on any atom is 0.506 e. The average molecular weight is 624 g/mol. The van der Waals surface area contributed by atoms with Crippen molar-refractivity contribution in [2.75, 3.05) is 26.1 Å². The second-order valence-corrected chi connectivity index (χ2v) is 12.8. The number of rotatable bonds is 11. The fourth-order valence-electron chi connectivity index (χ4n) is 5.59.